The van der Waals surface area contributed by atoms with Gasteiger partial charge in [-0.15, -0.1) is 0 Å². The van der Waals surface area contributed by atoms with Gasteiger partial charge in [-0.3, -0.25) is 15.1 Å². The minimum absolute atomic E-state index is 0.0856. The summed E-state index contributed by atoms with van der Waals surface area (Å²) < 4.78 is 22.9. The quantitative estimate of drug-likeness (QED) is 0.669. The van der Waals surface area contributed by atoms with Crippen molar-refractivity contribution in [3.63, 3.8) is 0 Å². The molecule has 0 aliphatic heterocycles. The van der Waals surface area contributed by atoms with Crippen LogP contribution in [0.1, 0.15) is 5.69 Å². The lowest BCUT2D eigenvalue weighted by Crippen LogP contribution is -2.05. The van der Waals surface area contributed by atoms with Crippen molar-refractivity contribution in [2.24, 2.45) is 0 Å². The van der Waals surface area contributed by atoms with Crippen molar-refractivity contribution in [1.82, 2.24) is 4.98 Å². The standard InChI is InChI=1S/C13H13N3O4S/c1-21(19,20)11-5-6-12(13(8-11)16(17)18)15-9-10-4-2-3-7-14-10/h2-8,15H,9H2,1H3. The van der Waals surface area contributed by atoms with Crippen LogP contribution >= 0.6 is 0 Å². The van der Waals surface area contributed by atoms with Crippen molar-refractivity contribution in [2.45, 2.75) is 11.4 Å². The summed E-state index contributed by atoms with van der Waals surface area (Å²) in [6.45, 7) is 0.305. The van der Waals surface area contributed by atoms with E-state index in [9.17, 15) is 18.5 Å². The molecule has 1 aromatic carbocycles. The highest BCUT2D eigenvalue weighted by atomic mass is 32.2. The molecule has 0 aliphatic carbocycles. The van der Waals surface area contributed by atoms with Gasteiger partial charge in [-0.1, -0.05) is 6.07 Å². The Bertz CT molecular complexity index is 760. The minimum atomic E-state index is -3.49. The van der Waals surface area contributed by atoms with E-state index in [4.69, 9.17) is 0 Å². The SMILES string of the molecule is CS(=O)(=O)c1ccc(NCc2ccccn2)c([N+](=O)[O-])c1. The predicted molar refractivity (Wildman–Crippen MR) is 77.8 cm³/mol. The summed E-state index contributed by atoms with van der Waals surface area (Å²) in [4.78, 5) is 14.5. The van der Waals surface area contributed by atoms with E-state index in [0.29, 0.717) is 6.54 Å². The Labute approximate surface area is 121 Å². The first-order valence-corrected chi connectivity index (χ1v) is 7.89. The lowest BCUT2D eigenvalue weighted by molar-refractivity contribution is -0.384. The average molecular weight is 307 g/mol. The zero-order valence-corrected chi connectivity index (χ0v) is 12.0. The molecule has 0 atom stereocenters. The van der Waals surface area contributed by atoms with Gasteiger partial charge < -0.3 is 5.32 Å². The molecule has 0 bridgehead atoms. The topological polar surface area (TPSA) is 102 Å². The number of hydrogen-bond donors (Lipinski definition) is 1. The van der Waals surface area contributed by atoms with Gasteiger partial charge in [-0.25, -0.2) is 8.42 Å². The maximum Gasteiger partial charge on any atom is 0.293 e. The molecule has 0 spiro atoms. The molecule has 8 heteroatoms. The van der Waals surface area contributed by atoms with E-state index in [1.165, 1.54) is 12.1 Å². The lowest BCUT2D eigenvalue weighted by atomic mass is 10.2. The third-order valence-electron chi connectivity index (χ3n) is 2.78. The maximum atomic E-state index is 11.4. The highest BCUT2D eigenvalue weighted by molar-refractivity contribution is 7.90. The van der Waals surface area contributed by atoms with Crippen LogP contribution in [-0.4, -0.2) is 24.6 Å². The molecule has 2 rings (SSSR count). The van der Waals surface area contributed by atoms with Gasteiger partial charge in [-0.2, -0.15) is 0 Å². The summed E-state index contributed by atoms with van der Waals surface area (Å²) in [5, 5.41) is 14.0. The Balaban J connectivity index is 2.29. The summed E-state index contributed by atoms with van der Waals surface area (Å²) in [7, 11) is -3.49. The fourth-order valence-electron chi connectivity index (χ4n) is 1.73. The van der Waals surface area contributed by atoms with E-state index in [-0.39, 0.29) is 16.3 Å². The van der Waals surface area contributed by atoms with Crippen molar-refractivity contribution >= 4 is 21.2 Å². The fourth-order valence-corrected chi connectivity index (χ4v) is 2.37. The third-order valence-corrected chi connectivity index (χ3v) is 3.89. The molecule has 1 heterocycles. The minimum Gasteiger partial charge on any atom is -0.374 e. The van der Waals surface area contributed by atoms with Crippen LogP contribution in [0.5, 0.6) is 0 Å². The molecule has 0 saturated carbocycles. The number of hydrogen-bond acceptors (Lipinski definition) is 6. The van der Waals surface area contributed by atoms with Gasteiger partial charge >= 0.3 is 0 Å². The Morgan fingerprint density at radius 1 is 1.29 bits per heavy atom. The molecule has 21 heavy (non-hydrogen) atoms. The van der Waals surface area contributed by atoms with Gasteiger partial charge in [0.25, 0.3) is 5.69 Å². The van der Waals surface area contributed by atoms with Crippen LogP contribution in [0.3, 0.4) is 0 Å². The van der Waals surface area contributed by atoms with E-state index in [0.717, 1.165) is 18.0 Å². The molecule has 0 fully saturated rings. The Morgan fingerprint density at radius 2 is 2.05 bits per heavy atom. The van der Waals surface area contributed by atoms with Crippen LogP contribution in [0.4, 0.5) is 11.4 Å². The van der Waals surface area contributed by atoms with Gasteiger partial charge in [0.1, 0.15) is 5.69 Å². The first-order valence-electron chi connectivity index (χ1n) is 6.00. The number of nitrogens with one attached hydrogen (secondary N) is 1. The first kappa shape index (κ1) is 14.9. The van der Waals surface area contributed by atoms with E-state index < -0.39 is 14.8 Å². The van der Waals surface area contributed by atoms with Crippen LogP contribution in [0.15, 0.2) is 47.5 Å². The smallest absolute Gasteiger partial charge is 0.293 e. The average Bonchev–Trinajstić information content (AvgIpc) is 2.45. The van der Waals surface area contributed by atoms with Gasteiger partial charge in [0.2, 0.25) is 0 Å². The van der Waals surface area contributed by atoms with Gasteiger partial charge in [0.05, 0.1) is 22.1 Å². The maximum absolute atomic E-state index is 11.4. The summed E-state index contributed by atoms with van der Waals surface area (Å²) in [6, 6.07) is 9.14. The Kier molecular flexibility index (Phi) is 4.18. The number of benzene rings is 1. The number of rotatable bonds is 5. The zero-order valence-electron chi connectivity index (χ0n) is 11.2. The molecular weight excluding hydrogens is 294 g/mol. The molecule has 1 aromatic heterocycles. The van der Waals surface area contributed by atoms with Crippen molar-refractivity contribution in [3.05, 3.63) is 58.4 Å². The highest BCUT2D eigenvalue weighted by Crippen LogP contribution is 2.27. The summed E-state index contributed by atoms with van der Waals surface area (Å²) in [5.41, 5.74) is 0.686. The van der Waals surface area contributed by atoms with Crippen LogP contribution in [0.2, 0.25) is 0 Å². The number of nitro benzene ring substituents is 1. The summed E-state index contributed by atoms with van der Waals surface area (Å²) >= 11 is 0. The zero-order chi connectivity index (χ0) is 15.5. The molecule has 0 saturated heterocycles. The molecule has 0 amide bonds. The predicted octanol–water partition coefficient (Wildman–Crippen LogP) is 2.01. The van der Waals surface area contributed by atoms with Crippen LogP contribution in [0, 0.1) is 10.1 Å². The van der Waals surface area contributed by atoms with Crippen LogP contribution in [-0.2, 0) is 16.4 Å². The van der Waals surface area contributed by atoms with Crippen LogP contribution in [0.25, 0.3) is 0 Å². The van der Waals surface area contributed by atoms with Crippen molar-refractivity contribution in [2.75, 3.05) is 11.6 Å². The number of sulfone groups is 1. The molecule has 0 unspecified atom stereocenters. The number of nitro groups is 1. The van der Waals surface area contributed by atoms with E-state index in [1.807, 2.05) is 6.07 Å². The van der Waals surface area contributed by atoms with Gasteiger partial charge in [0.15, 0.2) is 9.84 Å². The Morgan fingerprint density at radius 3 is 2.62 bits per heavy atom. The summed E-state index contributed by atoms with van der Waals surface area (Å²) in [5.74, 6) is 0. The second-order valence-electron chi connectivity index (χ2n) is 4.38. The third kappa shape index (κ3) is 3.76. The second kappa shape index (κ2) is 5.88. The molecule has 1 N–H and O–H groups in total. The summed E-state index contributed by atoms with van der Waals surface area (Å²) in [6.07, 6.45) is 2.63. The number of nitrogens with zero attached hydrogens (tertiary/aromatic N) is 2. The molecule has 2 aromatic rings. The molecular formula is C13H13N3O4S. The second-order valence-corrected chi connectivity index (χ2v) is 6.40. The fraction of sp³-hybridized carbons (Fsp3) is 0.154. The van der Waals surface area contributed by atoms with Gasteiger partial charge in [-0.05, 0) is 24.3 Å². The van der Waals surface area contributed by atoms with E-state index >= 15 is 0 Å². The van der Waals surface area contributed by atoms with E-state index in [2.05, 4.69) is 10.3 Å². The monoisotopic (exact) mass is 307 g/mol. The number of aromatic nitrogens is 1. The number of pyridine rings is 1. The van der Waals surface area contributed by atoms with Gasteiger partial charge in [0, 0.05) is 18.5 Å². The van der Waals surface area contributed by atoms with Crippen molar-refractivity contribution < 1.29 is 13.3 Å². The normalized spacial score (nSPS) is 11.1. The lowest BCUT2D eigenvalue weighted by Gasteiger charge is -2.08. The molecule has 110 valence electrons. The molecule has 0 radical (unpaired) electrons. The highest BCUT2D eigenvalue weighted by Gasteiger charge is 2.18. The van der Waals surface area contributed by atoms with Crippen molar-refractivity contribution in [3.8, 4) is 0 Å². The van der Waals surface area contributed by atoms with Crippen LogP contribution < -0.4 is 5.32 Å². The van der Waals surface area contributed by atoms with E-state index in [1.54, 1.807) is 18.3 Å². The number of anilines is 1. The van der Waals surface area contributed by atoms with Crippen molar-refractivity contribution in [1.29, 1.82) is 0 Å². The first-order chi connectivity index (χ1) is 9.88. The largest absolute Gasteiger partial charge is 0.374 e. The molecule has 7 nitrogen and oxygen atoms in total. The molecule has 0 aliphatic rings. The Hall–Kier alpha value is -2.48.